The number of aromatic hydroxyl groups is 1. The van der Waals surface area contributed by atoms with E-state index < -0.39 is 5.91 Å². The molecule has 0 saturated carbocycles. The van der Waals surface area contributed by atoms with E-state index >= 15 is 0 Å². The van der Waals surface area contributed by atoms with Gasteiger partial charge in [0.2, 0.25) is 0 Å². The van der Waals surface area contributed by atoms with Gasteiger partial charge in [0.25, 0.3) is 5.91 Å². The van der Waals surface area contributed by atoms with Crippen LogP contribution in [0, 0.1) is 0 Å². The molecule has 0 aromatic heterocycles. The minimum absolute atomic E-state index is 0.0165. The van der Waals surface area contributed by atoms with Crippen LogP contribution in [-0.2, 0) is 4.79 Å². The van der Waals surface area contributed by atoms with Crippen molar-refractivity contribution in [3.05, 3.63) is 81.8 Å². The molecule has 0 spiro atoms. The van der Waals surface area contributed by atoms with E-state index in [0.29, 0.717) is 20.8 Å². The molecule has 0 radical (unpaired) electrons. The largest absolute Gasteiger partial charge is 0.506 e. The summed E-state index contributed by atoms with van der Waals surface area (Å²) in [6.45, 7) is -0.187. The van der Waals surface area contributed by atoms with Crippen molar-refractivity contribution in [3.63, 3.8) is 0 Å². The smallest absolute Gasteiger partial charge is 0.277 e. The van der Waals surface area contributed by atoms with Crippen LogP contribution in [0.4, 0.5) is 0 Å². The van der Waals surface area contributed by atoms with Crippen molar-refractivity contribution in [1.82, 2.24) is 5.43 Å². The molecule has 0 unspecified atom stereocenters. The zero-order valence-corrected chi connectivity index (χ0v) is 16.9. The predicted octanol–water partition coefficient (Wildman–Crippen LogP) is 5.00. The summed E-state index contributed by atoms with van der Waals surface area (Å²) in [5.74, 6) is 0.136. The third-order valence-corrected chi connectivity index (χ3v) is 4.60. The molecule has 1 amide bonds. The van der Waals surface area contributed by atoms with Gasteiger partial charge in [0.15, 0.2) is 6.61 Å². The van der Waals surface area contributed by atoms with Crippen LogP contribution in [0.1, 0.15) is 5.56 Å². The van der Waals surface area contributed by atoms with E-state index in [-0.39, 0.29) is 12.4 Å². The first-order valence-electron chi connectivity index (χ1n) is 8.31. The van der Waals surface area contributed by atoms with Crippen LogP contribution in [0.5, 0.6) is 11.5 Å². The fourth-order valence-corrected chi connectivity index (χ4v) is 3.25. The molecule has 0 bridgehead atoms. The lowest BCUT2D eigenvalue weighted by Gasteiger charge is -2.07. The number of nitrogens with zero attached hydrogens (tertiary/aromatic N) is 1. The normalized spacial score (nSPS) is 10.8. The Morgan fingerprint density at radius 2 is 1.79 bits per heavy atom. The summed E-state index contributed by atoms with van der Waals surface area (Å²) < 4.78 is 5.90. The maximum Gasteiger partial charge on any atom is 0.277 e. The molecule has 3 aromatic carbocycles. The van der Waals surface area contributed by atoms with Gasteiger partial charge in [-0.3, -0.25) is 4.79 Å². The third kappa shape index (κ3) is 5.34. The van der Waals surface area contributed by atoms with Crippen LogP contribution in [0.3, 0.4) is 0 Å². The molecule has 28 heavy (non-hydrogen) atoms. The van der Waals surface area contributed by atoms with E-state index in [9.17, 15) is 9.90 Å². The average molecular weight is 460 g/mol. The number of ether oxygens (including phenoxy) is 1. The van der Waals surface area contributed by atoms with Gasteiger partial charge >= 0.3 is 0 Å². The number of phenols is 1. The molecule has 0 fully saturated rings. The zero-order chi connectivity index (χ0) is 19.9. The molecule has 2 N–H and O–H groups in total. The lowest BCUT2D eigenvalue weighted by Crippen LogP contribution is -2.24. The van der Waals surface area contributed by atoms with Crippen molar-refractivity contribution < 1.29 is 14.6 Å². The summed E-state index contributed by atoms with van der Waals surface area (Å²) >= 11 is 9.11. The van der Waals surface area contributed by atoms with Crippen molar-refractivity contribution in [3.8, 4) is 22.6 Å². The van der Waals surface area contributed by atoms with E-state index in [1.165, 1.54) is 12.3 Å². The molecular formula is C21H16BrClN2O3. The molecular weight excluding hydrogens is 444 g/mol. The number of rotatable bonds is 6. The van der Waals surface area contributed by atoms with Crippen LogP contribution in [-0.4, -0.2) is 23.8 Å². The topological polar surface area (TPSA) is 70.9 Å². The minimum atomic E-state index is -0.427. The standard InChI is InChI=1S/C21H16BrClN2O3/c22-19-11-17(23)10-16(21(19)27)12-24-25-20(26)13-28-18-8-6-15(7-9-18)14-4-2-1-3-5-14/h1-12,27H,13H2,(H,25,26)/b24-12-. The highest BCUT2D eigenvalue weighted by atomic mass is 79.9. The number of benzene rings is 3. The number of hydrogen-bond acceptors (Lipinski definition) is 4. The van der Waals surface area contributed by atoms with Crippen molar-refractivity contribution in [2.24, 2.45) is 5.10 Å². The van der Waals surface area contributed by atoms with Crippen LogP contribution >= 0.6 is 27.5 Å². The second-order valence-electron chi connectivity index (χ2n) is 5.80. The molecule has 7 heteroatoms. The highest BCUT2D eigenvalue weighted by Crippen LogP contribution is 2.30. The molecule has 0 aliphatic rings. The number of carbonyl (C=O) groups is 1. The summed E-state index contributed by atoms with van der Waals surface area (Å²) in [6.07, 6.45) is 1.30. The Morgan fingerprint density at radius 1 is 1.11 bits per heavy atom. The van der Waals surface area contributed by atoms with Crippen molar-refractivity contribution in [2.75, 3.05) is 6.61 Å². The molecule has 142 valence electrons. The number of hydrogen-bond donors (Lipinski definition) is 2. The summed E-state index contributed by atoms with van der Waals surface area (Å²) in [5.41, 5.74) is 4.89. The Balaban J connectivity index is 1.52. The van der Waals surface area contributed by atoms with Crippen molar-refractivity contribution >= 4 is 39.7 Å². The van der Waals surface area contributed by atoms with Gasteiger partial charge in [0, 0.05) is 10.6 Å². The van der Waals surface area contributed by atoms with Gasteiger partial charge in [0.1, 0.15) is 11.5 Å². The fourth-order valence-electron chi connectivity index (χ4n) is 2.41. The van der Waals surface area contributed by atoms with Gasteiger partial charge < -0.3 is 9.84 Å². The van der Waals surface area contributed by atoms with E-state index in [1.807, 2.05) is 42.5 Å². The van der Waals surface area contributed by atoms with Gasteiger partial charge in [0.05, 0.1) is 10.7 Å². The highest BCUT2D eigenvalue weighted by Gasteiger charge is 2.06. The molecule has 0 aliphatic carbocycles. The van der Waals surface area contributed by atoms with E-state index in [4.69, 9.17) is 16.3 Å². The Morgan fingerprint density at radius 3 is 2.50 bits per heavy atom. The number of carbonyl (C=O) groups excluding carboxylic acids is 1. The van der Waals surface area contributed by atoms with Gasteiger partial charge in [-0.25, -0.2) is 5.43 Å². The van der Waals surface area contributed by atoms with Crippen LogP contribution in [0.2, 0.25) is 5.02 Å². The number of halogens is 2. The number of amides is 1. The summed E-state index contributed by atoms with van der Waals surface area (Å²) in [5, 5.41) is 14.1. The Kier molecular flexibility index (Phi) is 6.68. The van der Waals surface area contributed by atoms with Gasteiger partial charge in [-0.15, -0.1) is 0 Å². The molecule has 0 atom stereocenters. The maximum absolute atomic E-state index is 11.9. The molecule has 0 saturated heterocycles. The predicted molar refractivity (Wildman–Crippen MR) is 114 cm³/mol. The van der Waals surface area contributed by atoms with Crippen LogP contribution in [0.25, 0.3) is 11.1 Å². The first-order valence-corrected chi connectivity index (χ1v) is 9.48. The first kappa shape index (κ1) is 19.9. The van der Waals surface area contributed by atoms with E-state index in [2.05, 4.69) is 26.5 Å². The molecule has 0 aliphatic heterocycles. The Bertz CT molecular complexity index is 993. The second-order valence-corrected chi connectivity index (χ2v) is 7.09. The van der Waals surface area contributed by atoms with Gasteiger partial charge in [-0.1, -0.05) is 54.1 Å². The van der Waals surface area contributed by atoms with Crippen LogP contribution in [0.15, 0.2) is 76.3 Å². The van der Waals surface area contributed by atoms with Gasteiger partial charge in [-0.2, -0.15) is 5.10 Å². The number of phenolic OH excluding ortho intramolecular Hbond substituents is 1. The fraction of sp³-hybridized carbons (Fsp3) is 0.0476. The quantitative estimate of drug-likeness (QED) is 0.402. The first-order chi connectivity index (χ1) is 13.5. The third-order valence-electron chi connectivity index (χ3n) is 3.78. The average Bonchev–Trinajstić information content (AvgIpc) is 2.71. The lowest BCUT2D eigenvalue weighted by molar-refractivity contribution is -0.123. The molecule has 0 heterocycles. The van der Waals surface area contributed by atoms with E-state index in [1.54, 1.807) is 18.2 Å². The van der Waals surface area contributed by atoms with Crippen LogP contribution < -0.4 is 10.2 Å². The SMILES string of the molecule is O=C(COc1ccc(-c2ccccc2)cc1)N/N=C\c1cc(Cl)cc(Br)c1O. The Hall–Kier alpha value is -2.83. The van der Waals surface area contributed by atoms with Crippen molar-refractivity contribution in [1.29, 1.82) is 0 Å². The lowest BCUT2D eigenvalue weighted by atomic mass is 10.1. The van der Waals surface area contributed by atoms with E-state index in [0.717, 1.165) is 11.1 Å². The monoisotopic (exact) mass is 458 g/mol. The molecule has 3 aromatic rings. The summed E-state index contributed by atoms with van der Waals surface area (Å²) in [4.78, 5) is 11.9. The van der Waals surface area contributed by atoms with Gasteiger partial charge in [-0.05, 0) is 51.3 Å². The molecule has 5 nitrogen and oxygen atoms in total. The molecule has 3 rings (SSSR count). The van der Waals surface area contributed by atoms with Crippen molar-refractivity contribution in [2.45, 2.75) is 0 Å². The Labute approximate surface area is 175 Å². The second kappa shape index (κ2) is 9.39. The maximum atomic E-state index is 11.9. The summed E-state index contributed by atoms with van der Waals surface area (Å²) in [7, 11) is 0. The summed E-state index contributed by atoms with van der Waals surface area (Å²) in [6, 6.07) is 20.5. The number of hydrazone groups is 1. The highest BCUT2D eigenvalue weighted by molar-refractivity contribution is 9.10. The zero-order valence-electron chi connectivity index (χ0n) is 14.6. The minimum Gasteiger partial charge on any atom is -0.506 e. The number of nitrogens with one attached hydrogen (secondary N) is 1.